The topological polar surface area (TPSA) is 40.5 Å². The summed E-state index contributed by atoms with van der Waals surface area (Å²) in [6, 6.07) is 4.34. The number of benzene rings is 2. The van der Waals surface area contributed by atoms with Crippen LogP contribution in [-0.2, 0) is 21.7 Å². The van der Waals surface area contributed by atoms with Crippen molar-refractivity contribution in [2.24, 2.45) is 0 Å². The quantitative estimate of drug-likeness (QED) is 0.460. The van der Waals surface area contributed by atoms with E-state index in [2.05, 4.69) is 109 Å². The van der Waals surface area contributed by atoms with Crippen LogP contribution in [0.15, 0.2) is 21.9 Å². The third kappa shape index (κ3) is 5.56. The Morgan fingerprint density at radius 3 is 1.00 bits per heavy atom. The summed E-state index contributed by atoms with van der Waals surface area (Å²) in [5, 5.41) is 22.6. The monoisotopic (exact) mass is 470 g/mol. The van der Waals surface area contributed by atoms with Crippen LogP contribution in [0.1, 0.15) is 116 Å². The Hall–Kier alpha value is -1.61. The highest BCUT2D eigenvalue weighted by atomic mass is 32.2. The van der Waals surface area contributed by atoms with Gasteiger partial charge in [0.05, 0.1) is 0 Å². The van der Waals surface area contributed by atoms with Crippen LogP contribution < -0.4 is 0 Å². The molecule has 0 radical (unpaired) electrons. The third-order valence-electron chi connectivity index (χ3n) is 6.36. The Labute approximate surface area is 207 Å². The molecule has 0 aliphatic carbocycles. The number of hydrogen-bond acceptors (Lipinski definition) is 3. The van der Waals surface area contributed by atoms with Gasteiger partial charge in [-0.05, 0) is 58.8 Å². The summed E-state index contributed by atoms with van der Waals surface area (Å²) in [5.74, 6) is 0.843. The van der Waals surface area contributed by atoms with Gasteiger partial charge in [-0.25, -0.2) is 0 Å². The predicted molar refractivity (Wildman–Crippen MR) is 145 cm³/mol. The number of aromatic hydroxyl groups is 2. The molecule has 0 aliphatic rings. The van der Waals surface area contributed by atoms with Crippen molar-refractivity contribution in [3.05, 3.63) is 45.5 Å². The van der Waals surface area contributed by atoms with Gasteiger partial charge >= 0.3 is 0 Å². The highest BCUT2D eigenvalue weighted by Crippen LogP contribution is 2.49. The van der Waals surface area contributed by atoms with Gasteiger partial charge in [0, 0.05) is 32.0 Å². The van der Waals surface area contributed by atoms with E-state index in [0.717, 1.165) is 43.2 Å². The second-order valence-electron chi connectivity index (χ2n) is 13.6. The van der Waals surface area contributed by atoms with Gasteiger partial charge in [-0.15, -0.1) is 0 Å². The zero-order valence-electron chi connectivity index (χ0n) is 23.5. The first kappa shape index (κ1) is 27.6. The van der Waals surface area contributed by atoms with Gasteiger partial charge in [-0.3, -0.25) is 0 Å². The second-order valence-corrected chi connectivity index (χ2v) is 14.7. The molecule has 0 saturated heterocycles. The molecule has 0 fully saturated rings. The van der Waals surface area contributed by atoms with Crippen LogP contribution in [0.25, 0.3) is 0 Å². The Morgan fingerprint density at radius 1 is 0.515 bits per heavy atom. The van der Waals surface area contributed by atoms with Crippen LogP contribution >= 0.6 is 11.8 Å². The van der Waals surface area contributed by atoms with Crippen LogP contribution in [0.2, 0.25) is 0 Å². The van der Waals surface area contributed by atoms with Gasteiger partial charge in [0.15, 0.2) is 0 Å². The third-order valence-corrected chi connectivity index (χ3v) is 7.65. The Kier molecular flexibility index (Phi) is 7.16. The van der Waals surface area contributed by atoms with Gasteiger partial charge in [0.2, 0.25) is 0 Å². The minimum Gasteiger partial charge on any atom is -0.507 e. The highest BCUT2D eigenvalue weighted by molar-refractivity contribution is 7.99. The Balaban J connectivity index is 2.91. The number of rotatable bonds is 2. The van der Waals surface area contributed by atoms with Crippen LogP contribution in [0.4, 0.5) is 0 Å². The van der Waals surface area contributed by atoms with E-state index in [1.807, 2.05) is 0 Å². The summed E-state index contributed by atoms with van der Waals surface area (Å²) in [5.41, 5.74) is 5.52. The molecule has 2 rings (SSSR count). The van der Waals surface area contributed by atoms with Crippen molar-refractivity contribution in [1.82, 2.24) is 0 Å². The Morgan fingerprint density at radius 2 is 0.788 bits per heavy atom. The van der Waals surface area contributed by atoms with Crippen LogP contribution in [0, 0.1) is 13.8 Å². The van der Waals surface area contributed by atoms with E-state index in [1.165, 1.54) is 0 Å². The van der Waals surface area contributed by atoms with E-state index >= 15 is 0 Å². The average Bonchev–Trinajstić information content (AvgIpc) is 2.54. The van der Waals surface area contributed by atoms with Crippen molar-refractivity contribution < 1.29 is 10.2 Å². The van der Waals surface area contributed by atoms with Crippen molar-refractivity contribution >= 4 is 11.8 Å². The maximum atomic E-state index is 11.3. The van der Waals surface area contributed by atoms with E-state index < -0.39 is 0 Å². The van der Waals surface area contributed by atoms with Crippen molar-refractivity contribution in [2.75, 3.05) is 0 Å². The Bertz CT molecular complexity index is 964. The molecule has 0 amide bonds. The lowest BCUT2D eigenvalue weighted by Crippen LogP contribution is -2.20. The SMILES string of the molecule is Cc1c(Sc2cc(C(C)(C)C)c(O)c(C(C)(C)C)c2C)cc(C(C)(C)C)c(O)c1C(C)(C)C. The molecule has 0 aliphatic heterocycles. The van der Waals surface area contributed by atoms with Crippen molar-refractivity contribution in [2.45, 2.75) is 128 Å². The zero-order chi connectivity index (χ0) is 25.9. The summed E-state index contributed by atoms with van der Waals surface area (Å²) < 4.78 is 0. The molecule has 2 aromatic rings. The summed E-state index contributed by atoms with van der Waals surface area (Å²) in [7, 11) is 0. The van der Waals surface area contributed by atoms with Gasteiger partial charge in [-0.1, -0.05) is 94.8 Å². The maximum Gasteiger partial charge on any atom is 0.123 e. The molecule has 0 unspecified atom stereocenters. The fraction of sp³-hybridized carbons (Fsp3) is 0.600. The normalized spacial score (nSPS) is 13.5. The number of phenolic OH excluding ortho intramolecular Hbond substituents is 2. The van der Waals surface area contributed by atoms with E-state index in [4.69, 9.17) is 0 Å². The lowest BCUT2D eigenvalue weighted by atomic mass is 9.77. The fourth-order valence-corrected chi connectivity index (χ4v) is 5.90. The molecule has 2 aromatic carbocycles. The summed E-state index contributed by atoms with van der Waals surface area (Å²) in [4.78, 5) is 2.33. The van der Waals surface area contributed by atoms with Crippen LogP contribution in [-0.4, -0.2) is 10.2 Å². The molecule has 0 spiro atoms. The molecule has 33 heavy (non-hydrogen) atoms. The molecule has 3 heteroatoms. The molecule has 0 bridgehead atoms. The van der Waals surface area contributed by atoms with Crippen LogP contribution in [0.5, 0.6) is 11.5 Å². The van der Waals surface area contributed by atoms with Gasteiger partial charge in [-0.2, -0.15) is 0 Å². The van der Waals surface area contributed by atoms with Gasteiger partial charge < -0.3 is 10.2 Å². The largest absolute Gasteiger partial charge is 0.507 e. The van der Waals surface area contributed by atoms with E-state index in [-0.39, 0.29) is 21.7 Å². The molecular weight excluding hydrogens is 424 g/mol. The van der Waals surface area contributed by atoms with Gasteiger partial charge in [0.1, 0.15) is 11.5 Å². The summed E-state index contributed by atoms with van der Waals surface area (Å²) in [6.07, 6.45) is 0. The molecule has 184 valence electrons. The van der Waals surface area contributed by atoms with Crippen molar-refractivity contribution in [3.8, 4) is 11.5 Å². The van der Waals surface area contributed by atoms with E-state index in [1.54, 1.807) is 11.8 Å². The molecule has 0 saturated carbocycles. The molecule has 0 aromatic heterocycles. The first-order valence-corrected chi connectivity index (χ1v) is 12.8. The zero-order valence-corrected chi connectivity index (χ0v) is 24.3. The lowest BCUT2D eigenvalue weighted by molar-refractivity contribution is 0.420. The number of hydrogen-bond donors (Lipinski definition) is 2. The molecule has 0 atom stereocenters. The summed E-state index contributed by atoms with van der Waals surface area (Å²) in [6.45, 7) is 30.1. The smallest absolute Gasteiger partial charge is 0.123 e. The molecular formula is C30H46O2S. The first-order valence-electron chi connectivity index (χ1n) is 12.0. The maximum absolute atomic E-state index is 11.3. The molecule has 0 heterocycles. The van der Waals surface area contributed by atoms with E-state index in [9.17, 15) is 10.2 Å². The van der Waals surface area contributed by atoms with Crippen LogP contribution in [0.3, 0.4) is 0 Å². The minimum absolute atomic E-state index is 0.176. The molecule has 2 N–H and O–H groups in total. The minimum atomic E-state index is -0.179. The highest BCUT2D eigenvalue weighted by Gasteiger charge is 2.32. The van der Waals surface area contributed by atoms with E-state index in [0.29, 0.717) is 11.5 Å². The average molecular weight is 471 g/mol. The number of phenols is 2. The first-order chi connectivity index (χ1) is 14.6. The van der Waals surface area contributed by atoms with Crippen molar-refractivity contribution in [1.29, 1.82) is 0 Å². The predicted octanol–water partition coefficient (Wildman–Crippen LogP) is 9.06. The molecule has 2 nitrogen and oxygen atoms in total. The summed E-state index contributed by atoms with van der Waals surface area (Å²) >= 11 is 1.76. The fourth-order valence-electron chi connectivity index (χ4n) is 4.80. The second kappa shape index (κ2) is 8.56. The standard InChI is InChI=1S/C30H46O2S/c1-17-21(15-19(27(3,4)5)25(31)23(17)29(9,10)11)33-22-16-20(28(6,7)8)26(32)24(18(22)2)30(12,13)14/h15-16,31-32H,1-14H3. The lowest BCUT2D eigenvalue weighted by Gasteiger charge is -2.32. The van der Waals surface area contributed by atoms with Crippen molar-refractivity contribution in [3.63, 3.8) is 0 Å². The van der Waals surface area contributed by atoms with Gasteiger partial charge in [0.25, 0.3) is 0 Å².